The number of para-hydroxylation sites is 2. The van der Waals surface area contributed by atoms with Crippen LogP contribution in [0.25, 0.3) is 5.57 Å². The summed E-state index contributed by atoms with van der Waals surface area (Å²) in [5, 5.41) is 5.87. The molecule has 0 atom stereocenters. The number of amides is 1. The fourth-order valence-corrected chi connectivity index (χ4v) is 3.16. The maximum atomic E-state index is 12.5. The highest BCUT2D eigenvalue weighted by Crippen LogP contribution is 2.41. The lowest BCUT2D eigenvalue weighted by Crippen LogP contribution is -2.11. The quantitative estimate of drug-likeness (QED) is 0.722. The molecule has 2 N–H and O–H groups in total. The number of halogens is 1. The summed E-state index contributed by atoms with van der Waals surface area (Å²) in [6.45, 7) is 0. The molecule has 1 amide bonds. The second kappa shape index (κ2) is 4.30. The van der Waals surface area contributed by atoms with Crippen molar-refractivity contribution in [3.8, 4) is 0 Å². The van der Waals surface area contributed by atoms with E-state index in [1.54, 1.807) is 6.07 Å². The van der Waals surface area contributed by atoms with E-state index < -0.39 is 0 Å². The van der Waals surface area contributed by atoms with E-state index >= 15 is 0 Å². The Bertz CT molecular complexity index is 855. The second-order valence-electron chi connectivity index (χ2n) is 4.87. The van der Waals surface area contributed by atoms with Crippen molar-refractivity contribution in [2.75, 3.05) is 10.6 Å². The van der Waals surface area contributed by atoms with Gasteiger partial charge in [-0.2, -0.15) is 0 Å². The minimum absolute atomic E-state index is 0.149. The molecular weight excluding hydrogens is 332 g/mol. The van der Waals surface area contributed by atoms with Crippen LogP contribution in [0.2, 0.25) is 0 Å². The number of hydrogen-bond donors (Lipinski definition) is 2. The first-order chi connectivity index (χ1) is 10.2. The molecule has 0 radical (unpaired) electrons. The number of ketones is 1. The van der Waals surface area contributed by atoms with Crippen LogP contribution in [0.1, 0.15) is 15.9 Å². The molecule has 2 aliphatic heterocycles. The Hall–Kier alpha value is -2.40. The standard InChI is InChI=1S/C16H9BrN2O2/c17-10-6-3-5-9-12(16(21)19-13(9)10)14-15(20)8-4-1-2-7-11(8)18-14/h1-7,18H,(H,19,21)/b14-12-. The van der Waals surface area contributed by atoms with Gasteiger partial charge in [0.25, 0.3) is 5.91 Å². The molecule has 0 bridgehead atoms. The van der Waals surface area contributed by atoms with Gasteiger partial charge in [-0.3, -0.25) is 9.59 Å². The van der Waals surface area contributed by atoms with Gasteiger partial charge < -0.3 is 10.6 Å². The SMILES string of the molecule is O=C1Nc2c(Br)cccc2/C1=C1/Nc2ccccc2C1=O. The molecule has 2 heterocycles. The number of Topliss-reactive ketones (excluding diaryl/α,β-unsaturated/α-hetero) is 1. The lowest BCUT2D eigenvalue weighted by Gasteiger charge is -2.03. The van der Waals surface area contributed by atoms with Crippen molar-refractivity contribution in [2.24, 2.45) is 0 Å². The lowest BCUT2D eigenvalue weighted by atomic mass is 10.0. The van der Waals surface area contributed by atoms with Crippen molar-refractivity contribution in [2.45, 2.75) is 0 Å². The van der Waals surface area contributed by atoms with Crippen molar-refractivity contribution < 1.29 is 9.59 Å². The third-order valence-corrected chi connectivity index (χ3v) is 4.32. The summed E-state index contributed by atoms with van der Waals surface area (Å²) in [7, 11) is 0. The monoisotopic (exact) mass is 340 g/mol. The molecule has 0 fully saturated rings. The second-order valence-corrected chi connectivity index (χ2v) is 5.72. The zero-order valence-corrected chi connectivity index (χ0v) is 12.3. The van der Waals surface area contributed by atoms with Crippen LogP contribution >= 0.6 is 15.9 Å². The van der Waals surface area contributed by atoms with Gasteiger partial charge in [0.2, 0.25) is 5.78 Å². The van der Waals surface area contributed by atoms with Crippen LogP contribution in [0.3, 0.4) is 0 Å². The van der Waals surface area contributed by atoms with Crippen LogP contribution < -0.4 is 10.6 Å². The fourth-order valence-electron chi connectivity index (χ4n) is 2.70. The van der Waals surface area contributed by atoms with Gasteiger partial charge in [0.1, 0.15) is 5.70 Å². The van der Waals surface area contributed by atoms with Gasteiger partial charge in [0.15, 0.2) is 0 Å². The number of allylic oxidation sites excluding steroid dienone is 1. The van der Waals surface area contributed by atoms with Gasteiger partial charge in [-0.1, -0.05) is 24.3 Å². The van der Waals surface area contributed by atoms with E-state index in [1.165, 1.54) is 0 Å². The fraction of sp³-hybridized carbons (Fsp3) is 0. The van der Waals surface area contributed by atoms with Crippen molar-refractivity contribution >= 4 is 44.6 Å². The van der Waals surface area contributed by atoms with Crippen LogP contribution in [-0.2, 0) is 4.79 Å². The number of anilines is 2. The summed E-state index contributed by atoms with van der Waals surface area (Å²) in [6.07, 6.45) is 0. The predicted octanol–water partition coefficient (Wildman–Crippen LogP) is 3.42. The zero-order chi connectivity index (χ0) is 14.6. The molecule has 2 aliphatic rings. The van der Waals surface area contributed by atoms with Crippen LogP contribution in [0.15, 0.2) is 52.6 Å². The van der Waals surface area contributed by atoms with Crippen LogP contribution in [-0.4, -0.2) is 11.7 Å². The number of benzene rings is 2. The molecule has 0 saturated carbocycles. The van der Waals surface area contributed by atoms with E-state index in [2.05, 4.69) is 26.6 Å². The summed E-state index contributed by atoms with van der Waals surface area (Å²) < 4.78 is 0.798. The summed E-state index contributed by atoms with van der Waals surface area (Å²) in [6, 6.07) is 12.8. The molecule has 0 spiro atoms. The topological polar surface area (TPSA) is 58.2 Å². The normalized spacial score (nSPS) is 19.1. The zero-order valence-electron chi connectivity index (χ0n) is 10.7. The Morgan fingerprint density at radius 1 is 0.857 bits per heavy atom. The largest absolute Gasteiger partial charge is 0.351 e. The Morgan fingerprint density at radius 2 is 1.62 bits per heavy atom. The van der Waals surface area contributed by atoms with Gasteiger partial charge in [0, 0.05) is 21.3 Å². The molecule has 0 saturated heterocycles. The molecular formula is C16H9BrN2O2. The lowest BCUT2D eigenvalue weighted by molar-refractivity contribution is -0.110. The number of nitrogens with one attached hydrogen (secondary N) is 2. The number of rotatable bonds is 0. The first-order valence-electron chi connectivity index (χ1n) is 6.42. The first kappa shape index (κ1) is 12.3. The maximum Gasteiger partial charge on any atom is 0.258 e. The summed E-state index contributed by atoms with van der Waals surface area (Å²) in [5.74, 6) is -0.413. The molecule has 0 aromatic heterocycles. The third kappa shape index (κ3) is 1.67. The molecule has 2 aromatic carbocycles. The molecule has 0 unspecified atom stereocenters. The smallest absolute Gasteiger partial charge is 0.258 e. The van der Waals surface area contributed by atoms with Crippen molar-refractivity contribution in [1.29, 1.82) is 0 Å². The molecule has 0 aliphatic carbocycles. The minimum Gasteiger partial charge on any atom is -0.351 e. The number of carbonyl (C=O) groups is 2. The van der Waals surface area contributed by atoms with Crippen LogP contribution in [0.4, 0.5) is 11.4 Å². The van der Waals surface area contributed by atoms with E-state index in [9.17, 15) is 9.59 Å². The predicted molar refractivity (Wildman–Crippen MR) is 84.1 cm³/mol. The number of fused-ring (bicyclic) bond motifs is 2. The number of carbonyl (C=O) groups excluding carboxylic acids is 2. The highest BCUT2D eigenvalue weighted by atomic mass is 79.9. The Balaban J connectivity index is 1.95. The Morgan fingerprint density at radius 3 is 2.43 bits per heavy atom. The average molecular weight is 341 g/mol. The highest BCUT2D eigenvalue weighted by molar-refractivity contribution is 9.10. The molecule has 102 valence electrons. The van der Waals surface area contributed by atoms with E-state index in [0.717, 1.165) is 15.7 Å². The first-order valence-corrected chi connectivity index (χ1v) is 7.21. The van der Waals surface area contributed by atoms with Gasteiger partial charge in [-0.25, -0.2) is 0 Å². The van der Waals surface area contributed by atoms with E-state index in [4.69, 9.17) is 0 Å². The van der Waals surface area contributed by atoms with Crippen LogP contribution in [0.5, 0.6) is 0 Å². The van der Waals surface area contributed by atoms with Crippen molar-refractivity contribution in [3.05, 3.63) is 63.8 Å². The van der Waals surface area contributed by atoms with Crippen molar-refractivity contribution in [1.82, 2.24) is 0 Å². The molecule has 4 rings (SSSR count). The van der Waals surface area contributed by atoms with Gasteiger partial charge in [0.05, 0.1) is 11.3 Å². The van der Waals surface area contributed by atoms with Gasteiger partial charge in [-0.15, -0.1) is 0 Å². The molecule has 21 heavy (non-hydrogen) atoms. The average Bonchev–Trinajstić information content (AvgIpc) is 2.98. The van der Waals surface area contributed by atoms with E-state index in [0.29, 0.717) is 22.5 Å². The van der Waals surface area contributed by atoms with E-state index in [1.807, 2.05) is 36.4 Å². The summed E-state index contributed by atoms with van der Waals surface area (Å²) in [4.78, 5) is 24.8. The van der Waals surface area contributed by atoms with Gasteiger partial charge in [-0.05, 0) is 34.1 Å². The Kier molecular flexibility index (Phi) is 2.53. The third-order valence-electron chi connectivity index (χ3n) is 3.66. The van der Waals surface area contributed by atoms with Gasteiger partial charge >= 0.3 is 0 Å². The molecule has 2 aromatic rings. The Labute approximate surface area is 129 Å². The summed E-state index contributed by atoms with van der Waals surface area (Å²) >= 11 is 3.41. The minimum atomic E-state index is -0.263. The molecule has 4 nitrogen and oxygen atoms in total. The highest BCUT2D eigenvalue weighted by Gasteiger charge is 2.35. The van der Waals surface area contributed by atoms with E-state index in [-0.39, 0.29) is 11.7 Å². The molecule has 5 heteroatoms. The van der Waals surface area contributed by atoms with Crippen molar-refractivity contribution in [3.63, 3.8) is 0 Å². The van der Waals surface area contributed by atoms with Crippen LogP contribution in [0, 0.1) is 0 Å². The number of hydrogen-bond acceptors (Lipinski definition) is 3. The maximum absolute atomic E-state index is 12.5. The summed E-state index contributed by atoms with van der Waals surface area (Å²) in [5.41, 5.74) is 3.50.